The third kappa shape index (κ3) is 4.34. The molecule has 1 aromatic heterocycles. The maximum absolute atomic E-state index is 12.9. The molecule has 2 amide bonds. The second-order valence-corrected chi connectivity index (χ2v) is 8.35. The lowest BCUT2D eigenvalue weighted by Gasteiger charge is -2.42. The molecule has 7 heteroatoms. The minimum absolute atomic E-state index is 0.0572. The maximum atomic E-state index is 12.9. The standard InChI is InChI=1S/C20H30N4O3/c1-22(14-17-8-12-27-21-17)19(25)16-3-2-9-24(13-16)18-6-10-23(11-7-18)20(26)15-4-5-15/h8,12,15-16,18H,2-7,9-11,13-14H2,1H3/t16-/m0/s1. The van der Waals surface area contributed by atoms with Crippen LogP contribution in [0, 0.1) is 11.8 Å². The van der Waals surface area contributed by atoms with Crippen LogP contribution in [0.3, 0.4) is 0 Å². The smallest absolute Gasteiger partial charge is 0.227 e. The first-order valence-corrected chi connectivity index (χ1v) is 10.3. The van der Waals surface area contributed by atoms with E-state index in [0.717, 1.165) is 70.4 Å². The van der Waals surface area contributed by atoms with Crippen LogP contribution in [0.25, 0.3) is 0 Å². The third-order valence-corrected chi connectivity index (χ3v) is 6.29. The summed E-state index contributed by atoms with van der Waals surface area (Å²) in [5.74, 6) is 0.944. The van der Waals surface area contributed by atoms with E-state index in [-0.39, 0.29) is 11.8 Å². The van der Waals surface area contributed by atoms with E-state index in [1.54, 1.807) is 11.0 Å². The Kier molecular flexibility index (Phi) is 5.48. The summed E-state index contributed by atoms with van der Waals surface area (Å²) in [6.07, 6.45) is 7.79. The van der Waals surface area contributed by atoms with Crippen LogP contribution >= 0.6 is 0 Å². The molecule has 0 unspecified atom stereocenters. The first kappa shape index (κ1) is 18.5. The van der Waals surface area contributed by atoms with E-state index < -0.39 is 0 Å². The van der Waals surface area contributed by atoms with Gasteiger partial charge in [0.15, 0.2) is 0 Å². The third-order valence-electron chi connectivity index (χ3n) is 6.29. The summed E-state index contributed by atoms with van der Waals surface area (Å²) in [4.78, 5) is 31.4. The molecule has 3 fully saturated rings. The summed E-state index contributed by atoms with van der Waals surface area (Å²) in [6.45, 7) is 4.15. The van der Waals surface area contributed by atoms with Crippen molar-refractivity contribution in [1.29, 1.82) is 0 Å². The fourth-order valence-electron chi connectivity index (χ4n) is 4.53. The summed E-state index contributed by atoms with van der Waals surface area (Å²) >= 11 is 0. The molecule has 1 aliphatic carbocycles. The Hall–Kier alpha value is -1.89. The van der Waals surface area contributed by atoms with Crippen molar-refractivity contribution in [2.24, 2.45) is 11.8 Å². The van der Waals surface area contributed by atoms with Crippen LogP contribution < -0.4 is 0 Å². The van der Waals surface area contributed by atoms with Gasteiger partial charge in [-0.2, -0.15) is 0 Å². The normalized spacial score (nSPS) is 24.8. The molecule has 0 bridgehead atoms. The SMILES string of the molecule is CN(Cc1ccon1)C(=O)[C@H]1CCCN(C2CCN(C(=O)C3CC3)CC2)C1. The van der Waals surface area contributed by atoms with E-state index in [1.807, 2.05) is 7.05 Å². The highest BCUT2D eigenvalue weighted by atomic mass is 16.5. The fraction of sp³-hybridized carbons (Fsp3) is 0.750. The zero-order valence-corrected chi connectivity index (χ0v) is 16.2. The molecule has 0 spiro atoms. The number of piperidine rings is 2. The molecule has 4 rings (SSSR count). The summed E-state index contributed by atoms with van der Waals surface area (Å²) in [6, 6.07) is 2.30. The highest BCUT2D eigenvalue weighted by Gasteiger charge is 2.37. The van der Waals surface area contributed by atoms with E-state index in [0.29, 0.717) is 24.4 Å². The number of carbonyl (C=O) groups excluding carboxylic acids is 2. The van der Waals surface area contributed by atoms with Crippen molar-refractivity contribution in [3.05, 3.63) is 18.0 Å². The minimum Gasteiger partial charge on any atom is -0.364 e. The van der Waals surface area contributed by atoms with Crippen LogP contribution in [0.5, 0.6) is 0 Å². The van der Waals surface area contributed by atoms with E-state index in [9.17, 15) is 9.59 Å². The molecule has 1 atom stereocenters. The second-order valence-electron chi connectivity index (χ2n) is 8.35. The molecule has 3 aliphatic rings. The number of aromatic nitrogens is 1. The molecule has 0 aromatic carbocycles. The molecule has 0 radical (unpaired) electrons. The number of hydrogen-bond donors (Lipinski definition) is 0. The van der Waals surface area contributed by atoms with Gasteiger partial charge in [0.2, 0.25) is 11.8 Å². The van der Waals surface area contributed by atoms with E-state index in [4.69, 9.17) is 4.52 Å². The largest absolute Gasteiger partial charge is 0.364 e. The van der Waals surface area contributed by atoms with Crippen LogP contribution in [-0.4, -0.2) is 70.9 Å². The van der Waals surface area contributed by atoms with Crippen molar-refractivity contribution < 1.29 is 14.1 Å². The Morgan fingerprint density at radius 3 is 2.59 bits per heavy atom. The molecule has 27 heavy (non-hydrogen) atoms. The number of rotatable bonds is 5. The maximum Gasteiger partial charge on any atom is 0.227 e. The topological polar surface area (TPSA) is 69.9 Å². The van der Waals surface area contributed by atoms with E-state index in [2.05, 4.69) is 15.0 Å². The number of likely N-dealkylation sites (tertiary alicyclic amines) is 2. The molecular weight excluding hydrogens is 344 g/mol. The summed E-state index contributed by atoms with van der Waals surface area (Å²) in [5.41, 5.74) is 0.784. The first-order chi connectivity index (χ1) is 13.1. The molecular formula is C20H30N4O3. The highest BCUT2D eigenvalue weighted by Crippen LogP contribution is 2.32. The molecule has 7 nitrogen and oxygen atoms in total. The molecule has 3 heterocycles. The Balaban J connectivity index is 1.27. The van der Waals surface area contributed by atoms with Crippen molar-refractivity contribution in [3.8, 4) is 0 Å². The summed E-state index contributed by atoms with van der Waals surface area (Å²) < 4.78 is 4.86. The molecule has 148 valence electrons. The Labute approximate surface area is 160 Å². The van der Waals surface area contributed by atoms with Gasteiger partial charge in [-0.3, -0.25) is 14.5 Å². The lowest BCUT2D eigenvalue weighted by molar-refractivity contribution is -0.137. The van der Waals surface area contributed by atoms with Gasteiger partial charge >= 0.3 is 0 Å². The number of carbonyl (C=O) groups is 2. The van der Waals surface area contributed by atoms with Crippen LogP contribution in [0.15, 0.2) is 16.9 Å². The van der Waals surface area contributed by atoms with Crippen molar-refractivity contribution in [3.63, 3.8) is 0 Å². The molecule has 1 saturated carbocycles. The predicted octanol–water partition coefficient (Wildman–Crippen LogP) is 1.75. The van der Waals surface area contributed by atoms with Crippen molar-refractivity contribution in [2.75, 3.05) is 33.2 Å². The van der Waals surface area contributed by atoms with E-state index in [1.165, 1.54) is 6.26 Å². The van der Waals surface area contributed by atoms with Gasteiger partial charge < -0.3 is 14.3 Å². The van der Waals surface area contributed by atoms with Gasteiger partial charge in [0.05, 0.1) is 12.5 Å². The van der Waals surface area contributed by atoms with E-state index >= 15 is 0 Å². The quantitative estimate of drug-likeness (QED) is 0.785. The molecule has 1 aromatic rings. The predicted molar refractivity (Wildman–Crippen MR) is 99.6 cm³/mol. The zero-order valence-electron chi connectivity index (χ0n) is 16.2. The van der Waals surface area contributed by atoms with Crippen molar-refractivity contribution >= 4 is 11.8 Å². The highest BCUT2D eigenvalue weighted by molar-refractivity contribution is 5.81. The Bertz CT molecular complexity index is 650. The lowest BCUT2D eigenvalue weighted by atomic mass is 9.92. The van der Waals surface area contributed by atoms with Gasteiger partial charge in [-0.05, 0) is 45.1 Å². The molecule has 0 N–H and O–H groups in total. The van der Waals surface area contributed by atoms with Crippen molar-refractivity contribution in [1.82, 2.24) is 19.9 Å². The van der Waals surface area contributed by atoms with Gasteiger partial charge in [-0.25, -0.2) is 0 Å². The van der Waals surface area contributed by atoms with Crippen molar-refractivity contribution in [2.45, 2.75) is 51.1 Å². The van der Waals surface area contributed by atoms with Gasteiger partial charge in [0.1, 0.15) is 12.0 Å². The lowest BCUT2D eigenvalue weighted by Crippen LogP contribution is -2.51. The zero-order chi connectivity index (χ0) is 18.8. The Morgan fingerprint density at radius 1 is 1.15 bits per heavy atom. The van der Waals surface area contributed by atoms with Gasteiger partial charge in [0.25, 0.3) is 0 Å². The second kappa shape index (κ2) is 8.00. The average molecular weight is 374 g/mol. The first-order valence-electron chi connectivity index (χ1n) is 10.3. The van der Waals surface area contributed by atoms with Gasteiger partial charge in [-0.15, -0.1) is 0 Å². The van der Waals surface area contributed by atoms with Crippen LogP contribution in [0.2, 0.25) is 0 Å². The van der Waals surface area contributed by atoms with Crippen LogP contribution in [-0.2, 0) is 16.1 Å². The number of nitrogens with zero attached hydrogens (tertiary/aromatic N) is 4. The minimum atomic E-state index is 0.0572. The molecule has 2 aliphatic heterocycles. The summed E-state index contributed by atoms with van der Waals surface area (Å²) in [7, 11) is 1.85. The molecule has 2 saturated heterocycles. The summed E-state index contributed by atoms with van der Waals surface area (Å²) in [5, 5.41) is 3.90. The average Bonchev–Trinajstić information content (AvgIpc) is 3.44. The Morgan fingerprint density at radius 2 is 1.93 bits per heavy atom. The fourth-order valence-corrected chi connectivity index (χ4v) is 4.53. The number of amides is 2. The van der Waals surface area contributed by atoms with Crippen LogP contribution in [0.1, 0.15) is 44.2 Å². The number of hydrogen-bond acceptors (Lipinski definition) is 5. The monoisotopic (exact) mass is 374 g/mol. The van der Waals surface area contributed by atoms with Crippen LogP contribution in [0.4, 0.5) is 0 Å². The van der Waals surface area contributed by atoms with Gasteiger partial charge in [-0.1, -0.05) is 5.16 Å². The van der Waals surface area contributed by atoms with Gasteiger partial charge in [0, 0.05) is 44.7 Å².